The lowest BCUT2D eigenvalue weighted by Gasteiger charge is -2.04. The van der Waals surface area contributed by atoms with Gasteiger partial charge in [-0.25, -0.2) is 0 Å². The summed E-state index contributed by atoms with van der Waals surface area (Å²) in [6, 6.07) is 6.71. The predicted molar refractivity (Wildman–Crippen MR) is 64.7 cm³/mol. The summed E-state index contributed by atoms with van der Waals surface area (Å²) in [5.74, 6) is -0.0681. The van der Waals surface area contributed by atoms with E-state index in [1.54, 1.807) is 24.3 Å². The zero-order valence-electron chi connectivity index (χ0n) is 9.42. The molecule has 0 aliphatic rings. The number of amidine groups is 1. The monoisotopic (exact) mass is 219 g/mol. The van der Waals surface area contributed by atoms with Crippen LogP contribution in [0.1, 0.15) is 35.7 Å². The Balaban J connectivity index is 2.59. The third-order valence-corrected chi connectivity index (χ3v) is 2.27. The second-order valence-electron chi connectivity index (χ2n) is 3.60. The molecule has 16 heavy (non-hydrogen) atoms. The molecule has 4 N–H and O–H groups in total. The molecule has 0 aliphatic carbocycles. The molecule has 1 aromatic carbocycles. The standard InChI is InChI=1S/C12H17N3O/c1-2-3-8-15-12(16)10-6-4-9(5-7-10)11(13)14/h4-7H,2-3,8H2,1H3,(H3,13,14)(H,15,16). The summed E-state index contributed by atoms with van der Waals surface area (Å²) < 4.78 is 0. The number of hydrogen-bond donors (Lipinski definition) is 3. The van der Waals surface area contributed by atoms with Gasteiger partial charge < -0.3 is 11.1 Å². The van der Waals surface area contributed by atoms with Gasteiger partial charge in [-0.2, -0.15) is 0 Å². The van der Waals surface area contributed by atoms with E-state index in [0.717, 1.165) is 12.8 Å². The van der Waals surface area contributed by atoms with Crippen LogP contribution < -0.4 is 11.1 Å². The Labute approximate surface area is 95.4 Å². The highest BCUT2D eigenvalue weighted by Gasteiger charge is 2.04. The molecule has 1 amide bonds. The normalized spacial score (nSPS) is 9.81. The van der Waals surface area contributed by atoms with E-state index in [4.69, 9.17) is 11.1 Å². The first-order valence-corrected chi connectivity index (χ1v) is 5.37. The average Bonchev–Trinajstić information content (AvgIpc) is 2.29. The molecule has 1 rings (SSSR count). The minimum Gasteiger partial charge on any atom is -0.384 e. The first-order valence-electron chi connectivity index (χ1n) is 5.37. The fourth-order valence-corrected chi connectivity index (χ4v) is 1.28. The number of amides is 1. The van der Waals surface area contributed by atoms with Gasteiger partial charge in [-0.1, -0.05) is 25.5 Å². The third-order valence-electron chi connectivity index (χ3n) is 2.27. The molecule has 1 aromatic rings. The molecule has 0 aromatic heterocycles. The van der Waals surface area contributed by atoms with E-state index >= 15 is 0 Å². The number of carbonyl (C=O) groups excluding carboxylic acids is 1. The molecule has 0 spiro atoms. The number of rotatable bonds is 5. The highest BCUT2D eigenvalue weighted by atomic mass is 16.1. The number of unbranched alkanes of at least 4 members (excludes halogenated alkanes) is 1. The zero-order chi connectivity index (χ0) is 12.0. The SMILES string of the molecule is CCCCNC(=O)c1ccc(C(=N)N)cc1. The molecule has 0 saturated heterocycles. The van der Waals surface area contributed by atoms with E-state index in [1.165, 1.54) is 0 Å². The van der Waals surface area contributed by atoms with Crippen LogP contribution in [0.15, 0.2) is 24.3 Å². The topological polar surface area (TPSA) is 79.0 Å². The Bertz CT molecular complexity index is 370. The second-order valence-corrected chi connectivity index (χ2v) is 3.60. The van der Waals surface area contributed by atoms with Gasteiger partial charge in [0, 0.05) is 17.7 Å². The van der Waals surface area contributed by atoms with Crippen LogP contribution in [0.5, 0.6) is 0 Å². The van der Waals surface area contributed by atoms with Crippen molar-refractivity contribution in [1.82, 2.24) is 5.32 Å². The fraction of sp³-hybridized carbons (Fsp3) is 0.333. The first kappa shape index (κ1) is 12.2. The average molecular weight is 219 g/mol. The molecule has 4 nitrogen and oxygen atoms in total. The van der Waals surface area contributed by atoms with E-state index in [9.17, 15) is 4.79 Å². The predicted octanol–water partition coefficient (Wildman–Crippen LogP) is 1.50. The van der Waals surface area contributed by atoms with Gasteiger partial charge in [0.2, 0.25) is 0 Å². The van der Waals surface area contributed by atoms with Crippen LogP contribution in [0, 0.1) is 5.41 Å². The maximum Gasteiger partial charge on any atom is 0.251 e. The largest absolute Gasteiger partial charge is 0.384 e. The lowest BCUT2D eigenvalue weighted by molar-refractivity contribution is 0.0953. The quantitative estimate of drug-likeness (QED) is 0.398. The smallest absolute Gasteiger partial charge is 0.251 e. The van der Waals surface area contributed by atoms with Gasteiger partial charge in [-0.15, -0.1) is 0 Å². The van der Waals surface area contributed by atoms with Crippen LogP contribution in [0.4, 0.5) is 0 Å². The van der Waals surface area contributed by atoms with Crippen LogP contribution in [0.25, 0.3) is 0 Å². The van der Waals surface area contributed by atoms with Crippen LogP contribution in [0.2, 0.25) is 0 Å². The van der Waals surface area contributed by atoms with Crippen LogP contribution in [-0.4, -0.2) is 18.3 Å². The summed E-state index contributed by atoms with van der Waals surface area (Å²) >= 11 is 0. The molecule has 0 atom stereocenters. The molecule has 0 saturated carbocycles. The number of nitrogen functional groups attached to an aromatic ring is 1. The molecule has 0 unspecified atom stereocenters. The molecular formula is C12H17N3O. The van der Waals surface area contributed by atoms with E-state index < -0.39 is 0 Å². The highest BCUT2D eigenvalue weighted by molar-refractivity contribution is 5.98. The number of carbonyl (C=O) groups is 1. The molecule has 4 heteroatoms. The molecular weight excluding hydrogens is 202 g/mol. The first-order chi connectivity index (χ1) is 7.65. The summed E-state index contributed by atoms with van der Waals surface area (Å²) in [7, 11) is 0. The van der Waals surface area contributed by atoms with Gasteiger partial charge in [0.05, 0.1) is 0 Å². The van der Waals surface area contributed by atoms with Gasteiger partial charge in [-0.3, -0.25) is 10.2 Å². The summed E-state index contributed by atoms with van der Waals surface area (Å²) in [5.41, 5.74) is 6.55. The third kappa shape index (κ3) is 3.38. The molecule has 0 aliphatic heterocycles. The summed E-state index contributed by atoms with van der Waals surface area (Å²) in [5, 5.41) is 10.1. The maximum absolute atomic E-state index is 11.6. The van der Waals surface area contributed by atoms with Crippen LogP contribution >= 0.6 is 0 Å². The number of nitrogens with one attached hydrogen (secondary N) is 2. The van der Waals surface area contributed by atoms with Gasteiger partial charge >= 0.3 is 0 Å². The van der Waals surface area contributed by atoms with E-state index in [1.807, 2.05) is 0 Å². The lowest BCUT2D eigenvalue weighted by atomic mass is 10.1. The fourth-order valence-electron chi connectivity index (χ4n) is 1.28. The Morgan fingerprint density at radius 2 is 1.88 bits per heavy atom. The van der Waals surface area contributed by atoms with Crippen molar-refractivity contribution in [2.45, 2.75) is 19.8 Å². The van der Waals surface area contributed by atoms with Gasteiger partial charge in [0.1, 0.15) is 5.84 Å². The minimum absolute atomic E-state index is 0.0120. The molecule has 86 valence electrons. The second kappa shape index (κ2) is 5.90. The van der Waals surface area contributed by atoms with Gasteiger partial charge in [0.25, 0.3) is 5.91 Å². The van der Waals surface area contributed by atoms with Crippen molar-refractivity contribution in [3.63, 3.8) is 0 Å². The van der Waals surface area contributed by atoms with Crippen molar-refractivity contribution >= 4 is 11.7 Å². The van der Waals surface area contributed by atoms with Crippen molar-refractivity contribution in [2.24, 2.45) is 5.73 Å². The molecule has 0 heterocycles. The highest BCUT2D eigenvalue weighted by Crippen LogP contribution is 2.03. The molecule has 0 bridgehead atoms. The minimum atomic E-state index is -0.0800. The number of benzene rings is 1. The molecule has 0 radical (unpaired) electrons. The van der Waals surface area contributed by atoms with Crippen molar-refractivity contribution < 1.29 is 4.79 Å². The van der Waals surface area contributed by atoms with Crippen molar-refractivity contribution in [1.29, 1.82) is 5.41 Å². The van der Waals surface area contributed by atoms with Gasteiger partial charge in [0.15, 0.2) is 0 Å². The van der Waals surface area contributed by atoms with Crippen molar-refractivity contribution in [2.75, 3.05) is 6.54 Å². The maximum atomic E-state index is 11.6. The summed E-state index contributed by atoms with van der Waals surface area (Å²) in [6.45, 7) is 2.78. The number of hydrogen-bond acceptors (Lipinski definition) is 2. The molecule has 0 fully saturated rings. The van der Waals surface area contributed by atoms with E-state index in [0.29, 0.717) is 17.7 Å². The van der Waals surface area contributed by atoms with Crippen LogP contribution in [-0.2, 0) is 0 Å². The Morgan fingerprint density at radius 3 is 2.38 bits per heavy atom. The van der Waals surface area contributed by atoms with E-state index in [-0.39, 0.29) is 11.7 Å². The van der Waals surface area contributed by atoms with Crippen molar-refractivity contribution in [3.8, 4) is 0 Å². The van der Waals surface area contributed by atoms with Crippen molar-refractivity contribution in [3.05, 3.63) is 35.4 Å². The lowest BCUT2D eigenvalue weighted by Crippen LogP contribution is -2.24. The van der Waals surface area contributed by atoms with Crippen LogP contribution in [0.3, 0.4) is 0 Å². The zero-order valence-corrected chi connectivity index (χ0v) is 9.42. The number of nitrogens with two attached hydrogens (primary N) is 1. The van der Waals surface area contributed by atoms with E-state index in [2.05, 4.69) is 12.2 Å². The van der Waals surface area contributed by atoms with Gasteiger partial charge in [-0.05, 0) is 18.6 Å². The summed E-state index contributed by atoms with van der Waals surface area (Å²) in [6.07, 6.45) is 2.04. The Hall–Kier alpha value is -1.84. The summed E-state index contributed by atoms with van der Waals surface area (Å²) in [4.78, 5) is 11.6. The Kier molecular flexibility index (Phi) is 4.51. The Morgan fingerprint density at radius 1 is 1.31 bits per heavy atom.